The minimum absolute atomic E-state index is 0.125. The van der Waals surface area contributed by atoms with E-state index in [1.165, 1.54) is 12.8 Å². The van der Waals surface area contributed by atoms with Crippen LogP contribution < -0.4 is 0 Å². The minimum Gasteiger partial charge on any atom is -0.379 e. The quantitative estimate of drug-likeness (QED) is 0.614. The maximum absolute atomic E-state index is 12.0. The Morgan fingerprint density at radius 2 is 1.67 bits per heavy atom. The van der Waals surface area contributed by atoms with Crippen molar-refractivity contribution in [2.45, 2.75) is 72.0 Å². The van der Waals surface area contributed by atoms with Gasteiger partial charge in [0.25, 0.3) is 0 Å². The fourth-order valence-corrected chi connectivity index (χ4v) is 2.65. The van der Waals surface area contributed by atoms with Crippen LogP contribution in [0.3, 0.4) is 0 Å². The number of likely N-dealkylation sites (tertiary alicyclic amines) is 1. The van der Waals surface area contributed by atoms with Gasteiger partial charge in [0, 0.05) is 19.7 Å². The average Bonchev–Trinajstić information content (AvgIpc) is 2.44. The Labute approximate surface area is 130 Å². The van der Waals surface area contributed by atoms with Crippen molar-refractivity contribution in [3.63, 3.8) is 0 Å². The first-order valence-electron chi connectivity index (χ1n) is 8.50. The zero-order chi connectivity index (χ0) is 15.7. The first kappa shape index (κ1) is 18.4. The Bertz CT molecular complexity index is 284. The van der Waals surface area contributed by atoms with E-state index in [9.17, 15) is 4.79 Å². The van der Waals surface area contributed by atoms with Crippen LogP contribution in [0.5, 0.6) is 0 Å². The molecule has 0 saturated carbocycles. The van der Waals surface area contributed by atoms with E-state index < -0.39 is 0 Å². The summed E-state index contributed by atoms with van der Waals surface area (Å²) in [4.78, 5) is 13.9. The van der Waals surface area contributed by atoms with Gasteiger partial charge in [-0.15, -0.1) is 0 Å². The predicted octanol–water partition coefficient (Wildman–Crippen LogP) is 3.25. The van der Waals surface area contributed by atoms with Gasteiger partial charge in [0.15, 0.2) is 0 Å². The molecule has 0 aromatic rings. The molecule has 0 atom stereocenters. The zero-order valence-corrected chi connectivity index (χ0v) is 14.3. The van der Waals surface area contributed by atoms with Crippen molar-refractivity contribution >= 4 is 5.91 Å². The Morgan fingerprint density at radius 3 is 2.24 bits per heavy atom. The molecule has 0 radical (unpaired) electrons. The standard InChI is InChI=1S/C17H33NO3/c1-14(2)20-12-6-5-7-16-8-10-18(11-9-16)17(19)13-21-15(3)4/h14-16H,5-13H2,1-4H3. The highest BCUT2D eigenvalue weighted by Crippen LogP contribution is 2.22. The van der Waals surface area contributed by atoms with Crippen molar-refractivity contribution in [3.8, 4) is 0 Å². The van der Waals surface area contributed by atoms with Crippen LogP contribution in [0, 0.1) is 5.92 Å². The molecule has 4 nitrogen and oxygen atoms in total. The first-order chi connectivity index (χ1) is 9.99. The van der Waals surface area contributed by atoms with Gasteiger partial charge in [-0.25, -0.2) is 0 Å². The SMILES string of the molecule is CC(C)OCCCCC1CCN(C(=O)COC(C)C)CC1. The highest BCUT2D eigenvalue weighted by atomic mass is 16.5. The lowest BCUT2D eigenvalue weighted by molar-refractivity contribution is -0.139. The molecule has 4 heteroatoms. The lowest BCUT2D eigenvalue weighted by atomic mass is 9.91. The highest BCUT2D eigenvalue weighted by molar-refractivity contribution is 5.77. The van der Waals surface area contributed by atoms with Crippen molar-refractivity contribution in [3.05, 3.63) is 0 Å². The van der Waals surface area contributed by atoms with E-state index in [2.05, 4.69) is 13.8 Å². The van der Waals surface area contributed by atoms with Gasteiger partial charge in [-0.05, 0) is 52.9 Å². The Hall–Kier alpha value is -0.610. The van der Waals surface area contributed by atoms with E-state index in [-0.39, 0.29) is 18.6 Å². The zero-order valence-electron chi connectivity index (χ0n) is 14.3. The summed E-state index contributed by atoms with van der Waals surface area (Å²) in [6.45, 7) is 11.0. The van der Waals surface area contributed by atoms with Gasteiger partial charge in [-0.1, -0.05) is 12.8 Å². The summed E-state index contributed by atoms with van der Waals surface area (Å²) in [5.74, 6) is 0.923. The van der Waals surface area contributed by atoms with Crippen LogP contribution in [-0.2, 0) is 14.3 Å². The number of amides is 1. The number of hydrogen-bond acceptors (Lipinski definition) is 3. The number of hydrogen-bond donors (Lipinski definition) is 0. The number of rotatable bonds is 9. The van der Waals surface area contributed by atoms with Crippen LogP contribution in [0.4, 0.5) is 0 Å². The molecule has 0 aromatic heterocycles. The second kappa shape index (κ2) is 10.2. The molecule has 1 aliphatic rings. The third kappa shape index (κ3) is 8.42. The number of ether oxygens (including phenoxy) is 2. The van der Waals surface area contributed by atoms with Crippen LogP contribution in [0.15, 0.2) is 0 Å². The Morgan fingerprint density at radius 1 is 1.05 bits per heavy atom. The topological polar surface area (TPSA) is 38.8 Å². The van der Waals surface area contributed by atoms with Crippen molar-refractivity contribution in [1.29, 1.82) is 0 Å². The minimum atomic E-state index is 0.125. The van der Waals surface area contributed by atoms with Gasteiger partial charge in [-0.2, -0.15) is 0 Å². The van der Waals surface area contributed by atoms with E-state index in [1.54, 1.807) is 0 Å². The molecule has 1 amide bonds. The fourth-order valence-electron chi connectivity index (χ4n) is 2.65. The highest BCUT2D eigenvalue weighted by Gasteiger charge is 2.22. The summed E-state index contributed by atoms with van der Waals surface area (Å²) in [5.41, 5.74) is 0. The number of unbranched alkanes of at least 4 members (excludes halogenated alkanes) is 1. The molecule has 124 valence electrons. The lowest BCUT2D eigenvalue weighted by Crippen LogP contribution is -2.40. The molecule has 0 N–H and O–H groups in total. The van der Waals surface area contributed by atoms with Gasteiger partial charge in [0.05, 0.1) is 12.2 Å². The van der Waals surface area contributed by atoms with Gasteiger partial charge in [0.2, 0.25) is 5.91 Å². The van der Waals surface area contributed by atoms with E-state index in [0.717, 1.165) is 44.9 Å². The number of nitrogens with zero attached hydrogens (tertiary/aromatic N) is 1. The smallest absolute Gasteiger partial charge is 0.248 e. The second-order valence-electron chi connectivity index (χ2n) is 6.60. The van der Waals surface area contributed by atoms with Gasteiger partial charge in [-0.3, -0.25) is 4.79 Å². The van der Waals surface area contributed by atoms with Crippen molar-refractivity contribution in [2.75, 3.05) is 26.3 Å². The second-order valence-corrected chi connectivity index (χ2v) is 6.60. The predicted molar refractivity (Wildman–Crippen MR) is 85.3 cm³/mol. The molecule has 1 rings (SSSR count). The molecular weight excluding hydrogens is 266 g/mol. The Balaban J connectivity index is 2.07. The van der Waals surface area contributed by atoms with Gasteiger partial charge >= 0.3 is 0 Å². The molecule has 0 bridgehead atoms. The maximum atomic E-state index is 12.0. The van der Waals surface area contributed by atoms with E-state index in [4.69, 9.17) is 9.47 Å². The number of carbonyl (C=O) groups excluding carboxylic acids is 1. The van der Waals surface area contributed by atoms with Crippen molar-refractivity contribution in [1.82, 2.24) is 4.90 Å². The van der Waals surface area contributed by atoms with Crippen molar-refractivity contribution < 1.29 is 14.3 Å². The lowest BCUT2D eigenvalue weighted by Gasteiger charge is -2.32. The van der Waals surface area contributed by atoms with E-state index in [0.29, 0.717) is 6.10 Å². The third-order valence-electron chi connectivity index (χ3n) is 3.97. The monoisotopic (exact) mass is 299 g/mol. The van der Waals surface area contributed by atoms with Crippen LogP contribution in [0.1, 0.15) is 59.8 Å². The molecule has 1 saturated heterocycles. The normalized spacial score (nSPS) is 17.0. The third-order valence-corrected chi connectivity index (χ3v) is 3.97. The summed E-state index contributed by atoms with van der Waals surface area (Å²) < 4.78 is 10.9. The molecule has 1 heterocycles. The molecule has 1 fully saturated rings. The van der Waals surface area contributed by atoms with Crippen LogP contribution in [0.2, 0.25) is 0 Å². The molecule has 0 aliphatic carbocycles. The number of piperidine rings is 1. The van der Waals surface area contributed by atoms with Crippen LogP contribution >= 0.6 is 0 Å². The largest absolute Gasteiger partial charge is 0.379 e. The molecule has 1 aliphatic heterocycles. The molecule has 0 unspecified atom stereocenters. The number of carbonyl (C=O) groups is 1. The Kier molecular flexibility index (Phi) is 8.93. The summed E-state index contributed by atoms with van der Waals surface area (Å²) in [5, 5.41) is 0. The summed E-state index contributed by atoms with van der Waals surface area (Å²) in [6.07, 6.45) is 6.40. The summed E-state index contributed by atoms with van der Waals surface area (Å²) >= 11 is 0. The molecule has 0 spiro atoms. The van der Waals surface area contributed by atoms with Crippen LogP contribution in [-0.4, -0.2) is 49.3 Å². The fraction of sp³-hybridized carbons (Fsp3) is 0.941. The van der Waals surface area contributed by atoms with Crippen molar-refractivity contribution in [2.24, 2.45) is 5.92 Å². The maximum Gasteiger partial charge on any atom is 0.248 e. The van der Waals surface area contributed by atoms with Crippen LogP contribution in [0.25, 0.3) is 0 Å². The van der Waals surface area contributed by atoms with Gasteiger partial charge < -0.3 is 14.4 Å². The first-order valence-corrected chi connectivity index (χ1v) is 8.50. The molecular formula is C17H33NO3. The molecule has 0 aromatic carbocycles. The van der Waals surface area contributed by atoms with E-state index in [1.807, 2.05) is 18.7 Å². The molecule has 21 heavy (non-hydrogen) atoms. The van der Waals surface area contributed by atoms with Gasteiger partial charge in [0.1, 0.15) is 6.61 Å². The summed E-state index contributed by atoms with van der Waals surface area (Å²) in [6, 6.07) is 0. The average molecular weight is 299 g/mol. The van der Waals surface area contributed by atoms with E-state index >= 15 is 0 Å². The summed E-state index contributed by atoms with van der Waals surface area (Å²) in [7, 11) is 0.